The number of thiazole rings is 1. The van der Waals surface area contributed by atoms with Crippen LogP contribution in [0.5, 0.6) is 5.75 Å². The predicted molar refractivity (Wildman–Crippen MR) is 162 cm³/mol. The number of allylic oxidation sites excluding steroid dienone is 1. The fourth-order valence-corrected chi connectivity index (χ4v) is 6.96. The van der Waals surface area contributed by atoms with E-state index in [-0.39, 0.29) is 22.3 Å². The number of rotatable bonds is 5. The number of aromatic nitrogens is 1. The molecule has 208 valence electrons. The quantitative estimate of drug-likeness (QED) is 0.179. The highest BCUT2D eigenvalue weighted by Gasteiger charge is 2.34. The number of nitro benzene ring substituents is 1. The number of fused-ring (bicyclic) bond motifs is 3. The highest BCUT2D eigenvalue weighted by molar-refractivity contribution is 7.07. The average molecular weight is 596 g/mol. The number of nitro groups is 1. The third-order valence-corrected chi connectivity index (χ3v) is 8.93. The first-order valence-corrected chi connectivity index (χ1v) is 14.4. The number of para-hydroxylation sites is 1. The normalized spacial score (nSPS) is 16.0. The third kappa shape index (κ3) is 4.29. The lowest BCUT2D eigenvalue weighted by Crippen LogP contribution is -2.38. The van der Waals surface area contributed by atoms with Gasteiger partial charge in [0.05, 0.1) is 33.3 Å². The number of hydrogen-bond acceptors (Lipinski definition) is 7. The first-order valence-electron chi connectivity index (χ1n) is 13.2. The number of methoxy groups -OCH3 is 1. The summed E-state index contributed by atoms with van der Waals surface area (Å²) in [6.45, 7) is 0. The van der Waals surface area contributed by atoms with E-state index in [0.29, 0.717) is 32.2 Å². The van der Waals surface area contributed by atoms with Gasteiger partial charge in [0, 0.05) is 34.9 Å². The van der Waals surface area contributed by atoms with Gasteiger partial charge in [0.15, 0.2) is 4.80 Å². The van der Waals surface area contributed by atoms with E-state index in [1.165, 1.54) is 29.0 Å². The number of benzene rings is 3. The van der Waals surface area contributed by atoms with E-state index in [4.69, 9.17) is 25.7 Å². The third-order valence-electron chi connectivity index (χ3n) is 7.64. The largest absolute Gasteiger partial charge is 0.496 e. The topological polar surface area (TPSA) is 99.9 Å². The Hall–Kier alpha value is -4.73. The van der Waals surface area contributed by atoms with E-state index in [1.807, 2.05) is 36.4 Å². The molecule has 0 N–H and O–H groups in total. The number of halogens is 1. The maximum absolute atomic E-state index is 14.0. The maximum atomic E-state index is 14.0. The summed E-state index contributed by atoms with van der Waals surface area (Å²) in [5, 5.41) is 11.3. The summed E-state index contributed by atoms with van der Waals surface area (Å²) in [5.74, 6) is 1.60. The van der Waals surface area contributed by atoms with E-state index in [2.05, 4.69) is 12.1 Å². The second-order valence-electron chi connectivity index (χ2n) is 9.98. The molecule has 1 aliphatic heterocycles. The molecule has 0 amide bonds. The molecule has 3 aromatic carbocycles. The van der Waals surface area contributed by atoms with Gasteiger partial charge in [-0.1, -0.05) is 65.4 Å². The molecule has 2 aliphatic rings. The fraction of sp³-hybridized carbons (Fsp3) is 0.125. The Bertz CT molecular complexity index is 2120. The van der Waals surface area contributed by atoms with Crippen molar-refractivity contribution in [1.29, 1.82) is 0 Å². The number of furan rings is 1. The number of aryl methyl sites for hydroxylation is 1. The molecule has 0 spiro atoms. The van der Waals surface area contributed by atoms with Gasteiger partial charge in [-0.25, -0.2) is 4.99 Å². The van der Waals surface area contributed by atoms with Crippen molar-refractivity contribution >= 4 is 40.4 Å². The fourth-order valence-electron chi connectivity index (χ4n) is 5.71. The van der Waals surface area contributed by atoms with Crippen molar-refractivity contribution in [2.45, 2.75) is 18.9 Å². The summed E-state index contributed by atoms with van der Waals surface area (Å²) in [7, 11) is 1.64. The molecular formula is C32H22ClN3O5S. The second-order valence-corrected chi connectivity index (χ2v) is 11.4. The number of hydrogen-bond donors (Lipinski definition) is 0. The highest BCUT2D eigenvalue weighted by Crippen LogP contribution is 2.43. The van der Waals surface area contributed by atoms with Gasteiger partial charge in [0.1, 0.15) is 17.3 Å². The minimum Gasteiger partial charge on any atom is -0.496 e. The molecule has 42 heavy (non-hydrogen) atoms. The molecule has 8 nitrogen and oxygen atoms in total. The summed E-state index contributed by atoms with van der Waals surface area (Å²) < 4.78 is 14.0. The molecule has 2 aromatic heterocycles. The average Bonchev–Trinajstić information content (AvgIpc) is 3.59. The van der Waals surface area contributed by atoms with Crippen molar-refractivity contribution in [3.8, 4) is 17.1 Å². The molecule has 0 saturated carbocycles. The van der Waals surface area contributed by atoms with Gasteiger partial charge in [-0.3, -0.25) is 19.5 Å². The SMILES string of the molecule is COc1ccccc1[C@H]1C2=C(N=c3s/c(=C/c4ccc(-c5ccc([N+](=O)[O-])cc5Cl)o4)c(=O)n31)c1ccccc1CC2. The smallest absolute Gasteiger partial charge is 0.271 e. The monoisotopic (exact) mass is 595 g/mol. The molecule has 1 aliphatic carbocycles. The first kappa shape index (κ1) is 26.2. The molecule has 10 heteroatoms. The van der Waals surface area contributed by atoms with Crippen LogP contribution in [0.15, 0.2) is 98.6 Å². The number of nitrogens with zero attached hydrogens (tertiary/aromatic N) is 3. The molecule has 0 unspecified atom stereocenters. The van der Waals surface area contributed by atoms with Crippen LogP contribution >= 0.6 is 22.9 Å². The Balaban J connectivity index is 1.38. The van der Waals surface area contributed by atoms with Gasteiger partial charge in [-0.15, -0.1) is 0 Å². The van der Waals surface area contributed by atoms with Crippen LogP contribution in [-0.2, 0) is 6.42 Å². The van der Waals surface area contributed by atoms with Crippen LogP contribution in [0, 0.1) is 10.1 Å². The number of ether oxygens (including phenoxy) is 1. The van der Waals surface area contributed by atoms with Gasteiger partial charge >= 0.3 is 0 Å². The Morgan fingerprint density at radius 3 is 2.69 bits per heavy atom. The lowest BCUT2D eigenvalue weighted by atomic mass is 9.83. The van der Waals surface area contributed by atoms with Crippen LogP contribution in [-0.4, -0.2) is 16.6 Å². The Morgan fingerprint density at radius 1 is 1.07 bits per heavy atom. The summed E-state index contributed by atoms with van der Waals surface area (Å²) in [6.07, 6.45) is 3.34. The molecule has 5 aromatic rings. The standard InChI is InChI=1S/C32H22ClN3O5S/c1-40-26-9-5-4-8-23(26)30-24-13-10-18-6-2-3-7-21(18)29(24)34-32-35(30)31(37)28(42-32)17-20-12-15-27(41-20)22-14-11-19(36(38)39)16-25(22)33/h2-9,11-12,14-17,30H,10,13H2,1H3/b28-17+/t30-/m0/s1. The lowest BCUT2D eigenvalue weighted by molar-refractivity contribution is -0.384. The molecule has 0 saturated heterocycles. The summed E-state index contributed by atoms with van der Waals surface area (Å²) in [5.41, 5.74) is 5.48. The van der Waals surface area contributed by atoms with E-state index < -0.39 is 4.92 Å². The van der Waals surface area contributed by atoms with Crippen molar-refractivity contribution in [1.82, 2.24) is 4.57 Å². The lowest BCUT2D eigenvalue weighted by Gasteiger charge is -2.31. The van der Waals surface area contributed by atoms with Crippen molar-refractivity contribution in [2.24, 2.45) is 4.99 Å². The van der Waals surface area contributed by atoms with Crippen molar-refractivity contribution in [2.75, 3.05) is 7.11 Å². The molecule has 0 radical (unpaired) electrons. The molecular weight excluding hydrogens is 574 g/mol. The first-order chi connectivity index (χ1) is 20.4. The number of non-ortho nitro benzene ring substituents is 1. The van der Waals surface area contributed by atoms with Crippen LogP contribution in [0.1, 0.15) is 34.9 Å². The van der Waals surface area contributed by atoms with E-state index in [9.17, 15) is 14.9 Å². The van der Waals surface area contributed by atoms with Crippen molar-refractivity contribution in [3.05, 3.63) is 142 Å². The Morgan fingerprint density at radius 2 is 1.88 bits per heavy atom. The maximum Gasteiger partial charge on any atom is 0.271 e. The minimum atomic E-state index is -0.502. The summed E-state index contributed by atoms with van der Waals surface area (Å²) in [6, 6.07) is 23.4. The molecule has 0 fully saturated rings. The van der Waals surface area contributed by atoms with Gasteiger partial charge < -0.3 is 9.15 Å². The van der Waals surface area contributed by atoms with Crippen LogP contribution in [0.2, 0.25) is 5.02 Å². The van der Waals surface area contributed by atoms with Crippen LogP contribution in [0.4, 0.5) is 5.69 Å². The van der Waals surface area contributed by atoms with Crippen LogP contribution < -0.4 is 19.6 Å². The Labute approximate surface area is 248 Å². The molecule has 7 rings (SSSR count). The van der Waals surface area contributed by atoms with Gasteiger partial charge in [-0.05, 0) is 48.2 Å². The zero-order valence-corrected chi connectivity index (χ0v) is 23.8. The van der Waals surface area contributed by atoms with E-state index in [1.54, 1.807) is 36.0 Å². The van der Waals surface area contributed by atoms with Crippen LogP contribution in [0.3, 0.4) is 0 Å². The van der Waals surface area contributed by atoms with Crippen molar-refractivity contribution < 1.29 is 14.1 Å². The van der Waals surface area contributed by atoms with Crippen LogP contribution in [0.25, 0.3) is 23.1 Å². The van der Waals surface area contributed by atoms with E-state index >= 15 is 0 Å². The predicted octanol–water partition coefficient (Wildman–Crippen LogP) is 6.15. The van der Waals surface area contributed by atoms with Gasteiger partial charge in [-0.2, -0.15) is 0 Å². The minimum absolute atomic E-state index is 0.105. The van der Waals surface area contributed by atoms with Crippen molar-refractivity contribution in [3.63, 3.8) is 0 Å². The summed E-state index contributed by atoms with van der Waals surface area (Å²) >= 11 is 7.62. The Kier molecular flexibility index (Phi) is 6.41. The molecule has 1 atom stereocenters. The molecule has 0 bridgehead atoms. The zero-order chi connectivity index (χ0) is 29.0. The van der Waals surface area contributed by atoms with E-state index in [0.717, 1.165) is 35.2 Å². The highest BCUT2D eigenvalue weighted by atomic mass is 35.5. The van der Waals surface area contributed by atoms with Gasteiger partial charge in [0.2, 0.25) is 0 Å². The zero-order valence-electron chi connectivity index (χ0n) is 22.2. The second kappa shape index (κ2) is 10.3. The summed E-state index contributed by atoms with van der Waals surface area (Å²) in [4.78, 5) is 30.3. The molecule has 3 heterocycles. The van der Waals surface area contributed by atoms with Gasteiger partial charge in [0.25, 0.3) is 11.2 Å².